The molecular weight excluding hydrogens is 268 g/mol. The highest BCUT2D eigenvalue weighted by atomic mass is 16.5. The maximum Gasteiger partial charge on any atom is 0.311 e. The molecule has 0 amide bonds. The van der Waals surface area contributed by atoms with Crippen LogP contribution >= 0.6 is 0 Å². The predicted octanol–water partition coefficient (Wildman–Crippen LogP) is 2.18. The Kier molecular flexibility index (Phi) is 4.01. The summed E-state index contributed by atoms with van der Waals surface area (Å²) in [4.78, 5) is 11.8. The second-order valence-electron chi connectivity index (χ2n) is 5.17. The van der Waals surface area contributed by atoms with Gasteiger partial charge in [0.1, 0.15) is 0 Å². The summed E-state index contributed by atoms with van der Waals surface area (Å²) in [6, 6.07) is 10.1. The number of methoxy groups -OCH3 is 1. The highest BCUT2D eigenvalue weighted by molar-refractivity contribution is 5.73. The molecular formula is C16H18N2O3. The molecule has 0 bridgehead atoms. The molecule has 110 valence electrons. The molecule has 0 aliphatic carbocycles. The van der Waals surface area contributed by atoms with Gasteiger partial charge in [-0.15, -0.1) is 0 Å². The number of aromatic nitrogens is 2. The van der Waals surface area contributed by atoms with Crippen LogP contribution in [0.5, 0.6) is 0 Å². The molecule has 21 heavy (non-hydrogen) atoms. The Morgan fingerprint density at radius 2 is 2.24 bits per heavy atom. The molecule has 0 unspecified atom stereocenters. The van der Waals surface area contributed by atoms with Crippen LogP contribution in [0.4, 0.5) is 0 Å². The Bertz CT molecular complexity index is 609. The zero-order valence-electron chi connectivity index (χ0n) is 11.9. The maximum atomic E-state index is 11.8. The predicted molar refractivity (Wildman–Crippen MR) is 76.6 cm³/mol. The van der Waals surface area contributed by atoms with Crippen molar-refractivity contribution in [2.75, 3.05) is 13.7 Å². The number of hydrogen-bond acceptors (Lipinski definition) is 4. The first-order valence-corrected chi connectivity index (χ1v) is 7.03. The lowest BCUT2D eigenvalue weighted by molar-refractivity contribution is -0.147. The number of carbonyl (C=O) groups excluding carboxylic acids is 1. The third-order valence-corrected chi connectivity index (χ3v) is 3.76. The van der Waals surface area contributed by atoms with Crippen molar-refractivity contribution in [1.82, 2.24) is 9.78 Å². The van der Waals surface area contributed by atoms with Gasteiger partial charge in [0.25, 0.3) is 0 Å². The number of carbonyl (C=O) groups is 1. The zero-order valence-corrected chi connectivity index (χ0v) is 11.9. The van der Waals surface area contributed by atoms with E-state index in [2.05, 4.69) is 17.2 Å². The Balaban J connectivity index is 1.74. The summed E-state index contributed by atoms with van der Waals surface area (Å²) in [5.41, 5.74) is 2.11. The Labute approximate surface area is 123 Å². The van der Waals surface area contributed by atoms with Crippen LogP contribution in [0, 0.1) is 5.92 Å². The van der Waals surface area contributed by atoms with Gasteiger partial charge in [-0.25, -0.2) is 0 Å². The van der Waals surface area contributed by atoms with Crippen LogP contribution < -0.4 is 0 Å². The van der Waals surface area contributed by atoms with Gasteiger partial charge in [-0.1, -0.05) is 30.3 Å². The summed E-state index contributed by atoms with van der Waals surface area (Å²) in [5.74, 6) is -0.447. The molecule has 2 heterocycles. The van der Waals surface area contributed by atoms with Crippen LogP contribution in [-0.4, -0.2) is 29.5 Å². The first kappa shape index (κ1) is 13.8. The van der Waals surface area contributed by atoms with E-state index in [1.807, 2.05) is 29.1 Å². The fourth-order valence-corrected chi connectivity index (χ4v) is 2.69. The lowest BCUT2D eigenvalue weighted by Crippen LogP contribution is -2.19. The minimum absolute atomic E-state index is 0.215. The molecule has 0 saturated carbocycles. The molecule has 1 aromatic carbocycles. The van der Waals surface area contributed by atoms with Crippen molar-refractivity contribution in [3.8, 4) is 0 Å². The molecule has 0 N–H and O–H groups in total. The molecule has 1 saturated heterocycles. The topological polar surface area (TPSA) is 53.4 Å². The van der Waals surface area contributed by atoms with E-state index in [4.69, 9.17) is 9.47 Å². The van der Waals surface area contributed by atoms with Gasteiger partial charge in [0.15, 0.2) is 0 Å². The highest BCUT2D eigenvalue weighted by Gasteiger charge is 2.36. The van der Waals surface area contributed by atoms with E-state index in [9.17, 15) is 4.79 Å². The lowest BCUT2D eigenvalue weighted by Gasteiger charge is -2.14. The summed E-state index contributed by atoms with van der Waals surface area (Å²) < 4.78 is 12.4. The quantitative estimate of drug-likeness (QED) is 0.808. The van der Waals surface area contributed by atoms with Gasteiger partial charge in [0.05, 0.1) is 31.9 Å². The number of rotatable bonds is 4. The van der Waals surface area contributed by atoms with Gasteiger partial charge < -0.3 is 9.47 Å². The van der Waals surface area contributed by atoms with Crippen LogP contribution in [0.3, 0.4) is 0 Å². The van der Waals surface area contributed by atoms with E-state index < -0.39 is 0 Å². The number of benzene rings is 1. The summed E-state index contributed by atoms with van der Waals surface area (Å²) in [6.07, 6.45) is 4.16. The third-order valence-electron chi connectivity index (χ3n) is 3.76. The van der Waals surface area contributed by atoms with E-state index in [-0.39, 0.29) is 18.0 Å². The van der Waals surface area contributed by atoms with Crippen molar-refractivity contribution in [3.63, 3.8) is 0 Å². The monoisotopic (exact) mass is 286 g/mol. The first-order valence-electron chi connectivity index (χ1n) is 7.03. The van der Waals surface area contributed by atoms with Crippen LogP contribution in [0.1, 0.15) is 23.7 Å². The summed E-state index contributed by atoms with van der Waals surface area (Å²) in [6.45, 7) is 1.28. The number of hydrogen-bond donors (Lipinski definition) is 0. The van der Waals surface area contributed by atoms with Gasteiger partial charge in [0.2, 0.25) is 0 Å². The van der Waals surface area contributed by atoms with Crippen molar-refractivity contribution in [2.24, 2.45) is 5.92 Å². The van der Waals surface area contributed by atoms with E-state index in [1.54, 1.807) is 6.20 Å². The van der Waals surface area contributed by atoms with Gasteiger partial charge >= 0.3 is 5.97 Å². The molecule has 1 aromatic heterocycles. The zero-order chi connectivity index (χ0) is 14.7. The van der Waals surface area contributed by atoms with Crippen molar-refractivity contribution >= 4 is 5.97 Å². The fraction of sp³-hybridized carbons (Fsp3) is 0.375. The highest BCUT2D eigenvalue weighted by Crippen LogP contribution is 2.35. The molecule has 3 rings (SSSR count). The van der Waals surface area contributed by atoms with Crippen LogP contribution in [0.25, 0.3) is 0 Å². The molecule has 1 aliphatic rings. The third kappa shape index (κ3) is 2.97. The largest absolute Gasteiger partial charge is 0.469 e. The van der Waals surface area contributed by atoms with E-state index in [1.165, 1.54) is 12.7 Å². The smallest absolute Gasteiger partial charge is 0.311 e. The lowest BCUT2D eigenvalue weighted by atomic mass is 9.98. The molecule has 2 aromatic rings. The average Bonchev–Trinajstić information content (AvgIpc) is 3.16. The first-order chi connectivity index (χ1) is 10.3. The molecule has 5 heteroatoms. The molecule has 1 fully saturated rings. The maximum absolute atomic E-state index is 11.8. The van der Waals surface area contributed by atoms with Gasteiger partial charge in [-0.2, -0.15) is 5.10 Å². The van der Waals surface area contributed by atoms with Crippen LogP contribution in [0.15, 0.2) is 42.7 Å². The van der Waals surface area contributed by atoms with E-state index >= 15 is 0 Å². The normalized spacial score (nSPS) is 21.4. The number of ether oxygens (including phenoxy) is 2. The fourth-order valence-electron chi connectivity index (χ4n) is 2.69. The van der Waals surface area contributed by atoms with Crippen molar-refractivity contribution in [3.05, 3.63) is 53.9 Å². The van der Waals surface area contributed by atoms with E-state index in [0.29, 0.717) is 19.6 Å². The van der Waals surface area contributed by atoms with Gasteiger partial charge in [-0.3, -0.25) is 9.48 Å². The summed E-state index contributed by atoms with van der Waals surface area (Å²) in [7, 11) is 1.41. The molecule has 0 radical (unpaired) electrons. The van der Waals surface area contributed by atoms with Gasteiger partial charge in [0, 0.05) is 18.4 Å². The summed E-state index contributed by atoms with van der Waals surface area (Å²) >= 11 is 0. The van der Waals surface area contributed by atoms with Crippen molar-refractivity contribution in [2.45, 2.75) is 19.1 Å². The van der Waals surface area contributed by atoms with E-state index in [0.717, 1.165) is 5.56 Å². The second kappa shape index (κ2) is 6.10. The SMILES string of the molecule is COC(=O)[C@H]1CCO[C@@H]1c1cnn(Cc2ccccc2)c1. The Hall–Kier alpha value is -2.14. The van der Waals surface area contributed by atoms with Crippen molar-refractivity contribution in [1.29, 1.82) is 0 Å². The molecule has 5 nitrogen and oxygen atoms in total. The number of esters is 1. The minimum atomic E-state index is -0.248. The van der Waals surface area contributed by atoms with Crippen molar-refractivity contribution < 1.29 is 14.3 Å². The Morgan fingerprint density at radius 1 is 1.43 bits per heavy atom. The number of nitrogens with zero attached hydrogens (tertiary/aromatic N) is 2. The van der Waals surface area contributed by atoms with Gasteiger partial charge in [-0.05, 0) is 12.0 Å². The average molecular weight is 286 g/mol. The van der Waals surface area contributed by atoms with Crippen LogP contribution in [0.2, 0.25) is 0 Å². The Morgan fingerprint density at radius 3 is 3.00 bits per heavy atom. The molecule has 1 aliphatic heterocycles. The van der Waals surface area contributed by atoms with Crippen LogP contribution in [-0.2, 0) is 20.8 Å². The molecule has 2 atom stereocenters. The standard InChI is InChI=1S/C16H18N2O3/c1-20-16(19)14-7-8-21-15(14)13-9-17-18(11-13)10-12-5-3-2-4-6-12/h2-6,9,11,14-15H,7-8,10H2,1H3/t14-,15+/m0/s1. The summed E-state index contributed by atoms with van der Waals surface area (Å²) in [5, 5.41) is 4.36. The minimum Gasteiger partial charge on any atom is -0.469 e. The second-order valence-corrected chi connectivity index (χ2v) is 5.17. The molecule has 0 spiro atoms.